The molecule has 0 unspecified atom stereocenters. The lowest BCUT2D eigenvalue weighted by Crippen LogP contribution is -2.16. The van der Waals surface area contributed by atoms with E-state index >= 15 is 0 Å². The fourth-order valence-corrected chi connectivity index (χ4v) is 3.33. The highest BCUT2D eigenvalue weighted by atomic mass is 32.1. The van der Waals surface area contributed by atoms with Crippen molar-refractivity contribution in [1.29, 1.82) is 0 Å². The van der Waals surface area contributed by atoms with E-state index in [2.05, 4.69) is 51.3 Å². The fraction of sp³-hybridized carbons (Fsp3) is 0.300. The quantitative estimate of drug-likeness (QED) is 0.504. The fourth-order valence-electron chi connectivity index (χ4n) is 2.68. The van der Waals surface area contributed by atoms with Crippen LogP contribution in [0.25, 0.3) is 16.6 Å². The molecular formula is C20H21N7O2S. The van der Waals surface area contributed by atoms with Crippen LogP contribution in [0, 0.1) is 0 Å². The first-order valence-corrected chi connectivity index (χ1v) is 10.3. The number of amides is 1. The molecule has 0 fully saturated rings. The number of nitrogens with one attached hydrogen (secondary N) is 1. The SMILES string of the molecule is CC(C)(C)c1cc(NC(=O)CCc2nc(-c3cccs3)no2)n(-c2ncccn2)n1. The number of carbonyl (C=O) groups excluding carboxylic acids is 1. The van der Waals surface area contributed by atoms with Crippen LogP contribution in [0.1, 0.15) is 38.8 Å². The Morgan fingerprint density at radius 3 is 2.73 bits per heavy atom. The molecule has 0 saturated heterocycles. The summed E-state index contributed by atoms with van der Waals surface area (Å²) in [5, 5.41) is 13.4. The molecule has 10 heteroatoms. The van der Waals surface area contributed by atoms with Crippen LogP contribution in [0.2, 0.25) is 0 Å². The zero-order valence-electron chi connectivity index (χ0n) is 16.9. The van der Waals surface area contributed by atoms with E-state index in [4.69, 9.17) is 4.52 Å². The van der Waals surface area contributed by atoms with E-state index in [1.165, 1.54) is 11.3 Å². The third kappa shape index (κ3) is 4.43. The van der Waals surface area contributed by atoms with E-state index in [9.17, 15) is 4.79 Å². The number of carbonyl (C=O) groups is 1. The Labute approximate surface area is 177 Å². The van der Waals surface area contributed by atoms with Gasteiger partial charge >= 0.3 is 0 Å². The predicted octanol–water partition coefficient (Wildman–Crippen LogP) is 3.64. The summed E-state index contributed by atoms with van der Waals surface area (Å²) >= 11 is 1.53. The van der Waals surface area contributed by atoms with E-state index in [1.54, 1.807) is 23.1 Å². The van der Waals surface area contributed by atoms with Gasteiger partial charge in [0, 0.05) is 36.7 Å². The molecule has 4 aromatic heterocycles. The van der Waals surface area contributed by atoms with Gasteiger partial charge in [-0.15, -0.1) is 11.3 Å². The standard InChI is InChI=1S/C20H21N7O2S/c1-20(2,3)14-12-15(27(25-14)19-21-9-5-10-22-19)23-16(28)7-8-17-24-18(26-29-17)13-6-4-11-30-13/h4-6,9-12H,7-8H2,1-3H3,(H,23,28). The lowest BCUT2D eigenvalue weighted by Gasteiger charge is -2.13. The van der Waals surface area contributed by atoms with E-state index in [0.717, 1.165) is 10.6 Å². The number of anilines is 1. The van der Waals surface area contributed by atoms with Gasteiger partial charge in [-0.1, -0.05) is 32.0 Å². The summed E-state index contributed by atoms with van der Waals surface area (Å²) in [6, 6.07) is 7.42. The van der Waals surface area contributed by atoms with Gasteiger partial charge in [-0.05, 0) is 17.5 Å². The molecule has 0 spiro atoms. The minimum atomic E-state index is -0.193. The van der Waals surface area contributed by atoms with Crippen molar-refractivity contribution < 1.29 is 9.32 Å². The van der Waals surface area contributed by atoms with Crippen LogP contribution in [-0.2, 0) is 16.6 Å². The highest BCUT2D eigenvalue weighted by Crippen LogP contribution is 2.25. The summed E-state index contributed by atoms with van der Waals surface area (Å²) in [5.41, 5.74) is 0.629. The van der Waals surface area contributed by atoms with Gasteiger partial charge in [0.25, 0.3) is 5.95 Å². The van der Waals surface area contributed by atoms with Crippen molar-refractivity contribution in [3.63, 3.8) is 0 Å². The molecule has 0 aliphatic rings. The summed E-state index contributed by atoms with van der Waals surface area (Å²) in [6.07, 6.45) is 3.80. The highest BCUT2D eigenvalue weighted by molar-refractivity contribution is 7.13. The smallest absolute Gasteiger partial charge is 0.252 e. The summed E-state index contributed by atoms with van der Waals surface area (Å²) in [4.78, 5) is 26.3. The monoisotopic (exact) mass is 423 g/mol. The number of aromatic nitrogens is 6. The Hall–Kier alpha value is -3.40. The van der Waals surface area contributed by atoms with Crippen molar-refractivity contribution in [3.8, 4) is 16.6 Å². The van der Waals surface area contributed by atoms with Crippen LogP contribution in [-0.4, -0.2) is 35.8 Å². The molecule has 154 valence electrons. The molecule has 30 heavy (non-hydrogen) atoms. The molecule has 1 N–H and O–H groups in total. The molecule has 0 radical (unpaired) electrons. The zero-order chi connectivity index (χ0) is 21.1. The van der Waals surface area contributed by atoms with Crippen LogP contribution in [0.3, 0.4) is 0 Å². The summed E-state index contributed by atoms with van der Waals surface area (Å²) in [5.74, 6) is 1.67. The number of aryl methyl sites for hydroxylation is 1. The lowest BCUT2D eigenvalue weighted by molar-refractivity contribution is -0.116. The highest BCUT2D eigenvalue weighted by Gasteiger charge is 2.22. The van der Waals surface area contributed by atoms with Gasteiger partial charge < -0.3 is 9.84 Å². The van der Waals surface area contributed by atoms with Crippen LogP contribution < -0.4 is 5.32 Å². The largest absolute Gasteiger partial charge is 0.339 e. The lowest BCUT2D eigenvalue weighted by atomic mass is 9.92. The molecule has 0 atom stereocenters. The van der Waals surface area contributed by atoms with Crippen LogP contribution in [0.15, 0.2) is 46.6 Å². The minimum Gasteiger partial charge on any atom is -0.339 e. The number of nitrogens with zero attached hydrogens (tertiary/aromatic N) is 6. The van der Waals surface area contributed by atoms with Crippen LogP contribution >= 0.6 is 11.3 Å². The Morgan fingerprint density at radius 2 is 2.03 bits per heavy atom. The summed E-state index contributed by atoms with van der Waals surface area (Å²) in [6.45, 7) is 6.16. The van der Waals surface area contributed by atoms with Crippen molar-refractivity contribution in [3.05, 3.63) is 53.6 Å². The summed E-state index contributed by atoms with van der Waals surface area (Å²) < 4.78 is 6.80. The van der Waals surface area contributed by atoms with Gasteiger partial charge in [-0.2, -0.15) is 14.8 Å². The predicted molar refractivity (Wildman–Crippen MR) is 112 cm³/mol. The van der Waals surface area contributed by atoms with Crippen molar-refractivity contribution in [2.75, 3.05) is 5.32 Å². The average molecular weight is 424 g/mol. The van der Waals surface area contributed by atoms with E-state index in [0.29, 0.717) is 29.9 Å². The molecule has 0 bridgehead atoms. The molecule has 0 saturated carbocycles. The zero-order valence-corrected chi connectivity index (χ0v) is 17.7. The van der Waals surface area contributed by atoms with E-state index in [1.807, 2.05) is 23.6 Å². The molecular weight excluding hydrogens is 402 g/mol. The number of hydrogen-bond acceptors (Lipinski definition) is 8. The second-order valence-corrected chi connectivity index (χ2v) is 8.61. The second kappa shape index (κ2) is 8.15. The number of hydrogen-bond donors (Lipinski definition) is 1. The first kappa shape index (κ1) is 19.9. The maximum Gasteiger partial charge on any atom is 0.252 e. The van der Waals surface area contributed by atoms with E-state index in [-0.39, 0.29) is 17.7 Å². The first-order chi connectivity index (χ1) is 14.4. The van der Waals surface area contributed by atoms with Crippen molar-refractivity contribution in [2.24, 2.45) is 0 Å². The molecule has 0 aromatic carbocycles. The normalized spacial score (nSPS) is 11.6. The minimum absolute atomic E-state index is 0.191. The van der Waals surface area contributed by atoms with Gasteiger partial charge in [0.1, 0.15) is 5.82 Å². The number of rotatable bonds is 6. The van der Waals surface area contributed by atoms with Crippen molar-refractivity contribution >= 4 is 23.1 Å². The number of thiophene rings is 1. The Kier molecular flexibility index (Phi) is 5.40. The first-order valence-electron chi connectivity index (χ1n) is 9.44. The summed E-state index contributed by atoms with van der Waals surface area (Å²) in [7, 11) is 0. The van der Waals surface area contributed by atoms with Gasteiger partial charge in [0.15, 0.2) is 0 Å². The molecule has 9 nitrogen and oxygen atoms in total. The molecule has 4 rings (SSSR count). The maximum absolute atomic E-state index is 12.6. The van der Waals surface area contributed by atoms with Crippen molar-refractivity contribution in [1.82, 2.24) is 29.9 Å². The van der Waals surface area contributed by atoms with Crippen molar-refractivity contribution in [2.45, 2.75) is 39.0 Å². The third-order valence-electron chi connectivity index (χ3n) is 4.26. The molecule has 4 aromatic rings. The molecule has 4 heterocycles. The van der Waals surface area contributed by atoms with Crippen LogP contribution in [0.5, 0.6) is 0 Å². The van der Waals surface area contributed by atoms with Gasteiger partial charge in [0.2, 0.25) is 17.6 Å². The maximum atomic E-state index is 12.6. The van der Waals surface area contributed by atoms with Gasteiger partial charge in [-0.3, -0.25) is 4.79 Å². The van der Waals surface area contributed by atoms with Crippen LogP contribution in [0.4, 0.5) is 5.82 Å². The Morgan fingerprint density at radius 1 is 1.23 bits per heavy atom. The third-order valence-corrected chi connectivity index (χ3v) is 5.13. The topological polar surface area (TPSA) is 112 Å². The molecule has 0 aliphatic heterocycles. The Balaban J connectivity index is 1.47. The molecule has 1 amide bonds. The second-order valence-electron chi connectivity index (χ2n) is 7.66. The average Bonchev–Trinajstić information content (AvgIpc) is 3.46. The van der Waals surface area contributed by atoms with Gasteiger partial charge in [-0.25, -0.2) is 9.97 Å². The Bertz CT molecular complexity index is 1130. The van der Waals surface area contributed by atoms with E-state index < -0.39 is 0 Å². The van der Waals surface area contributed by atoms with Gasteiger partial charge in [0.05, 0.1) is 10.6 Å². The molecule has 0 aliphatic carbocycles.